The third kappa shape index (κ3) is 5.01. The standard InChI is InChI=1S/C27H21N5O3/c33-25(30-20-10-5-2-6-11-20)18-35-22-13-7-12-21(16-22)31-27(34)23-17-29-32-24(14-15-28-26(23)32)19-8-3-1-4-9-19/h1-17H,18H2,(H,30,33)(H,31,34). The van der Waals surface area contributed by atoms with Crippen molar-refractivity contribution >= 4 is 28.8 Å². The van der Waals surface area contributed by atoms with E-state index in [0.717, 1.165) is 11.3 Å². The van der Waals surface area contributed by atoms with Gasteiger partial charge in [-0.3, -0.25) is 9.59 Å². The first-order valence-electron chi connectivity index (χ1n) is 10.9. The van der Waals surface area contributed by atoms with E-state index in [1.807, 2.05) is 54.6 Å². The number of carbonyl (C=O) groups excluding carboxylic acids is 2. The second-order valence-corrected chi connectivity index (χ2v) is 7.67. The molecule has 2 amide bonds. The van der Waals surface area contributed by atoms with Gasteiger partial charge in [0, 0.05) is 29.2 Å². The summed E-state index contributed by atoms with van der Waals surface area (Å²) in [5.74, 6) is -0.177. The Labute approximate surface area is 201 Å². The fourth-order valence-corrected chi connectivity index (χ4v) is 3.61. The zero-order chi connectivity index (χ0) is 24.0. The Kier molecular flexibility index (Phi) is 6.17. The summed E-state index contributed by atoms with van der Waals surface area (Å²) < 4.78 is 7.24. The topological polar surface area (TPSA) is 97.6 Å². The lowest BCUT2D eigenvalue weighted by molar-refractivity contribution is -0.118. The fourth-order valence-electron chi connectivity index (χ4n) is 3.61. The Hall–Kier alpha value is -4.98. The van der Waals surface area contributed by atoms with Crippen molar-refractivity contribution < 1.29 is 14.3 Å². The highest BCUT2D eigenvalue weighted by Crippen LogP contribution is 2.22. The van der Waals surface area contributed by atoms with Gasteiger partial charge in [0.05, 0.1) is 11.9 Å². The third-order valence-electron chi connectivity index (χ3n) is 5.23. The van der Waals surface area contributed by atoms with Crippen LogP contribution in [0.2, 0.25) is 0 Å². The van der Waals surface area contributed by atoms with E-state index in [4.69, 9.17) is 4.74 Å². The summed E-state index contributed by atoms with van der Waals surface area (Å²) >= 11 is 0. The Bertz CT molecular complexity index is 1480. The average Bonchev–Trinajstić information content (AvgIpc) is 3.33. The lowest BCUT2D eigenvalue weighted by Crippen LogP contribution is -2.20. The second kappa shape index (κ2) is 9.88. The fraction of sp³-hybridized carbons (Fsp3) is 0.0370. The van der Waals surface area contributed by atoms with Gasteiger partial charge in [-0.2, -0.15) is 5.10 Å². The van der Waals surface area contributed by atoms with Crippen molar-refractivity contribution in [1.29, 1.82) is 0 Å². The van der Waals surface area contributed by atoms with E-state index in [1.54, 1.807) is 47.1 Å². The molecule has 0 fully saturated rings. The van der Waals surface area contributed by atoms with Gasteiger partial charge in [-0.1, -0.05) is 54.6 Å². The molecule has 0 unspecified atom stereocenters. The maximum atomic E-state index is 13.0. The number of hydrogen-bond acceptors (Lipinski definition) is 5. The first kappa shape index (κ1) is 21.8. The molecule has 8 heteroatoms. The van der Waals surface area contributed by atoms with Crippen molar-refractivity contribution in [3.8, 4) is 17.0 Å². The molecule has 0 spiro atoms. The molecule has 0 aliphatic rings. The predicted octanol–water partition coefficient (Wildman–Crippen LogP) is 4.67. The molecule has 8 nitrogen and oxygen atoms in total. The summed E-state index contributed by atoms with van der Waals surface area (Å²) in [4.78, 5) is 29.5. The van der Waals surface area contributed by atoms with Crippen molar-refractivity contribution in [1.82, 2.24) is 14.6 Å². The van der Waals surface area contributed by atoms with Crippen molar-refractivity contribution in [3.63, 3.8) is 0 Å². The number of carbonyl (C=O) groups is 2. The van der Waals surface area contributed by atoms with Gasteiger partial charge in [-0.05, 0) is 30.3 Å². The predicted molar refractivity (Wildman–Crippen MR) is 133 cm³/mol. The van der Waals surface area contributed by atoms with Crippen LogP contribution in [0.4, 0.5) is 11.4 Å². The number of rotatable bonds is 7. The van der Waals surface area contributed by atoms with Gasteiger partial charge in [-0.15, -0.1) is 0 Å². The van der Waals surface area contributed by atoms with Gasteiger partial charge in [0.15, 0.2) is 12.3 Å². The third-order valence-corrected chi connectivity index (χ3v) is 5.23. The van der Waals surface area contributed by atoms with Gasteiger partial charge in [-0.25, -0.2) is 9.50 Å². The minimum Gasteiger partial charge on any atom is -0.484 e. The molecule has 2 aromatic heterocycles. The van der Waals surface area contributed by atoms with Crippen LogP contribution in [0.25, 0.3) is 16.9 Å². The van der Waals surface area contributed by atoms with Crippen LogP contribution in [0.5, 0.6) is 5.75 Å². The molecule has 3 aromatic carbocycles. The first-order chi connectivity index (χ1) is 17.2. The van der Waals surface area contributed by atoms with Crippen LogP contribution in [0.3, 0.4) is 0 Å². The largest absolute Gasteiger partial charge is 0.484 e. The first-order valence-corrected chi connectivity index (χ1v) is 10.9. The van der Waals surface area contributed by atoms with Crippen LogP contribution in [0.1, 0.15) is 10.4 Å². The van der Waals surface area contributed by atoms with Crippen LogP contribution < -0.4 is 15.4 Å². The van der Waals surface area contributed by atoms with E-state index < -0.39 is 0 Å². The number of fused-ring (bicyclic) bond motifs is 1. The van der Waals surface area contributed by atoms with Crippen LogP contribution in [-0.4, -0.2) is 33.0 Å². The molecule has 2 N–H and O–H groups in total. The minimum atomic E-state index is -0.350. The summed E-state index contributed by atoms with van der Waals surface area (Å²) in [6.07, 6.45) is 3.16. The van der Waals surface area contributed by atoms with Gasteiger partial charge >= 0.3 is 0 Å². The number of ether oxygens (including phenoxy) is 1. The molecule has 0 radical (unpaired) electrons. The molecule has 172 valence electrons. The molecule has 0 bridgehead atoms. The van der Waals surface area contributed by atoms with Crippen LogP contribution in [-0.2, 0) is 4.79 Å². The van der Waals surface area contributed by atoms with Crippen molar-refractivity contribution in [2.75, 3.05) is 17.2 Å². The number of hydrogen-bond donors (Lipinski definition) is 2. The normalized spacial score (nSPS) is 10.6. The number of aromatic nitrogens is 3. The smallest absolute Gasteiger partial charge is 0.262 e. The Balaban J connectivity index is 1.27. The summed E-state index contributed by atoms with van der Waals surface area (Å²) in [7, 11) is 0. The monoisotopic (exact) mass is 463 g/mol. The van der Waals surface area contributed by atoms with Crippen LogP contribution in [0.15, 0.2) is 103 Å². The number of benzene rings is 3. The number of nitrogens with one attached hydrogen (secondary N) is 2. The molecular formula is C27H21N5O3. The molecule has 2 heterocycles. The number of amides is 2. The number of nitrogens with zero attached hydrogens (tertiary/aromatic N) is 3. The average molecular weight is 463 g/mol. The second-order valence-electron chi connectivity index (χ2n) is 7.67. The zero-order valence-electron chi connectivity index (χ0n) is 18.6. The van der Waals surface area contributed by atoms with E-state index in [2.05, 4.69) is 20.7 Å². The maximum absolute atomic E-state index is 13.0. The van der Waals surface area contributed by atoms with Crippen LogP contribution >= 0.6 is 0 Å². The number of anilines is 2. The van der Waals surface area contributed by atoms with Gasteiger partial charge in [0.1, 0.15) is 11.3 Å². The lowest BCUT2D eigenvalue weighted by Gasteiger charge is -2.10. The van der Waals surface area contributed by atoms with Gasteiger partial charge in [0.2, 0.25) is 0 Å². The maximum Gasteiger partial charge on any atom is 0.262 e. The summed E-state index contributed by atoms with van der Waals surface area (Å²) in [5.41, 5.74) is 3.81. The molecule has 5 rings (SSSR count). The molecule has 0 atom stereocenters. The van der Waals surface area contributed by atoms with E-state index >= 15 is 0 Å². The van der Waals surface area contributed by atoms with E-state index in [0.29, 0.717) is 28.3 Å². The SMILES string of the molecule is O=C(COc1cccc(NC(=O)c2cnn3c(-c4ccccc4)ccnc23)c1)Nc1ccccc1. The van der Waals surface area contributed by atoms with Gasteiger partial charge in [0.25, 0.3) is 11.8 Å². The highest BCUT2D eigenvalue weighted by Gasteiger charge is 2.16. The Morgan fingerprint density at radius 2 is 1.57 bits per heavy atom. The highest BCUT2D eigenvalue weighted by atomic mass is 16.5. The molecule has 0 saturated heterocycles. The molecule has 35 heavy (non-hydrogen) atoms. The number of para-hydroxylation sites is 1. The summed E-state index contributed by atoms with van der Waals surface area (Å²) in [6.45, 7) is -0.160. The molecule has 5 aromatic rings. The summed E-state index contributed by atoms with van der Waals surface area (Å²) in [5, 5.41) is 9.99. The van der Waals surface area contributed by atoms with Crippen LogP contribution in [0, 0.1) is 0 Å². The van der Waals surface area contributed by atoms with E-state index in [9.17, 15) is 9.59 Å². The molecule has 0 aliphatic carbocycles. The lowest BCUT2D eigenvalue weighted by atomic mass is 10.1. The van der Waals surface area contributed by atoms with Gasteiger partial charge < -0.3 is 15.4 Å². The van der Waals surface area contributed by atoms with Crippen molar-refractivity contribution in [3.05, 3.63) is 109 Å². The van der Waals surface area contributed by atoms with E-state index in [-0.39, 0.29) is 18.4 Å². The zero-order valence-corrected chi connectivity index (χ0v) is 18.6. The van der Waals surface area contributed by atoms with Crippen molar-refractivity contribution in [2.45, 2.75) is 0 Å². The molecular weight excluding hydrogens is 442 g/mol. The summed E-state index contributed by atoms with van der Waals surface area (Å²) in [6, 6.07) is 27.6. The molecule has 0 saturated carbocycles. The minimum absolute atomic E-state index is 0.160. The highest BCUT2D eigenvalue weighted by molar-refractivity contribution is 6.08. The van der Waals surface area contributed by atoms with E-state index in [1.165, 1.54) is 6.20 Å². The molecule has 0 aliphatic heterocycles. The Morgan fingerprint density at radius 1 is 0.829 bits per heavy atom. The Morgan fingerprint density at radius 3 is 2.37 bits per heavy atom. The quantitative estimate of drug-likeness (QED) is 0.366. The van der Waals surface area contributed by atoms with Crippen molar-refractivity contribution in [2.24, 2.45) is 0 Å².